The van der Waals surface area contributed by atoms with Gasteiger partial charge in [-0.3, -0.25) is 34.7 Å². The zero-order chi connectivity index (χ0) is 28.1. The molecule has 1 heterocycles. The Hall–Kier alpha value is -4.75. The first-order valence-electron chi connectivity index (χ1n) is 11.0. The normalized spacial score (nSPS) is 14.0. The molecular formula is C25H16ClN3O9S. The molecule has 12 nitrogen and oxygen atoms in total. The Kier molecular flexibility index (Phi) is 8.22. The first kappa shape index (κ1) is 27.3. The van der Waals surface area contributed by atoms with Gasteiger partial charge in [-0.1, -0.05) is 23.7 Å². The number of amides is 2. The molecule has 0 aromatic heterocycles. The van der Waals surface area contributed by atoms with E-state index in [1.807, 2.05) is 0 Å². The molecule has 14 heteroatoms. The summed E-state index contributed by atoms with van der Waals surface area (Å²) in [7, 11) is 0. The Bertz CT molecular complexity index is 1480. The molecule has 1 aliphatic rings. The number of ether oxygens (including phenoxy) is 2. The van der Waals surface area contributed by atoms with Gasteiger partial charge in [0.05, 0.1) is 32.9 Å². The van der Waals surface area contributed by atoms with E-state index in [2.05, 4.69) is 0 Å². The highest BCUT2D eigenvalue weighted by Gasteiger charge is 2.34. The summed E-state index contributed by atoms with van der Waals surface area (Å²) in [4.78, 5) is 59.1. The number of nitrogens with zero attached hydrogens (tertiary/aromatic N) is 3. The van der Waals surface area contributed by atoms with Gasteiger partial charge in [0.15, 0.2) is 0 Å². The number of carbonyl (C=O) groups excluding carboxylic acids is 3. The van der Waals surface area contributed by atoms with E-state index in [9.17, 15) is 34.6 Å². The summed E-state index contributed by atoms with van der Waals surface area (Å²) in [6, 6.07) is 15.0. The van der Waals surface area contributed by atoms with Crippen LogP contribution in [0.3, 0.4) is 0 Å². The first-order valence-corrected chi connectivity index (χ1v) is 12.2. The molecule has 0 spiro atoms. The molecule has 0 N–H and O–H groups in total. The van der Waals surface area contributed by atoms with Crippen molar-refractivity contribution < 1.29 is 33.7 Å². The summed E-state index contributed by atoms with van der Waals surface area (Å²) in [5.74, 6) is -0.908. The third-order valence-electron chi connectivity index (χ3n) is 5.22. The third-order valence-corrected chi connectivity index (χ3v) is 6.38. The summed E-state index contributed by atoms with van der Waals surface area (Å²) >= 11 is 6.60. The van der Waals surface area contributed by atoms with Crippen molar-refractivity contribution in [2.24, 2.45) is 0 Å². The molecule has 39 heavy (non-hydrogen) atoms. The van der Waals surface area contributed by atoms with Crippen molar-refractivity contribution >= 4 is 57.9 Å². The molecule has 1 fully saturated rings. The van der Waals surface area contributed by atoms with Crippen LogP contribution in [0.4, 0.5) is 16.2 Å². The van der Waals surface area contributed by atoms with Crippen LogP contribution in [0.15, 0.2) is 71.6 Å². The molecule has 0 aliphatic carbocycles. The molecule has 1 saturated heterocycles. The Balaban J connectivity index is 1.39. The number of esters is 1. The van der Waals surface area contributed by atoms with Gasteiger partial charge < -0.3 is 9.47 Å². The van der Waals surface area contributed by atoms with Gasteiger partial charge in [-0.25, -0.2) is 4.79 Å². The number of carbonyl (C=O) groups is 3. The average Bonchev–Trinajstić information content (AvgIpc) is 3.17. The zero-order valence-corrected chi connectivity index (χ0v) is 21.2. The monoisotopic (exact) mass is 569 g/mol. The van der Waals surface area contributed by atoms with E-state index in [4.69, 9.17) is 21.1 Å². The Labute approximate surface area is 229 Å². The molecule has 0 atom stereocenters. The zero-order valence-electron chi connectivity index (χ0n) is 19.6. The minimum absolute atomic E-state index is 0.0509. The Morgan fingerprint density at radius 2 is 1.51 bits per heavy atom. The van der Waals surface area contributed by atoms with Gasteiger partial charge in [-0.05, 0) is 59.8 Å². The van der Waals surface area contributed by atoms with Gasteiger partial charge in [0.1, 0.15) is 18.1 Å². The lowest BCUT2D eigenvalue weighted by molar-refractivity contribution is -0.394. The fourth-order valence-electron chi connectivity index (χ4n) is 3.35. The SMILES string of the molecule is O=C(Oc1ccc(/C=C2\SC(=O)N(CCOc3ccc(Cl)cc3)C2=O)cc1)c1cc([N+](=O)[O-])cc([N+](=O)[O-])c1. The lowest BCUT2D eigenvalue weighted by Gasteiger charge is -2.13. The average molecular weight is 570 g/mol. The van der Waals surface area contributed by atoms with Gasteiger partial charge in [0.25, 0.3) is 22.5 Å². The lowest BCUT2D eigenvalue weighted by Crippen LogP contribution is -2.32. The Morgan fingerprint density at radius 3 is 2.10 bits per heavy atom. The molecule has 2 amide bonds. The molecule has 3 aromatic rings. The third kappa shape index (κ3) is 6.77. The van der Waals surface area contributed by atoms with Crippen molar-refractivity contribution in [1.82, 2.24) is 4.90 Å². The van der Waals surface area contributed by atoms with Crippen molar-refractivity contribution in [3.8, 4) is 11.5 Å². The number of rotatable bonds is 9. The second-order valence-corrected chi connectivity index (χ2v) is 9.28. The number of benzene rings is 3. The van der Waals surface area contributed by atoms with Crippen LogP contribution < -0.4 is 9.47 Å². The molecule has 198 valence electrons. The number of non-ortho nitro benzene ring substituents is 2. The number of hydrogen-bond donors (Lipinski definition) is 0. The van der Waals surface area contributed by atoms with E-state index in [0.29, 0.717) is 16.3 Å². The molecule has 3 aromatic carbocycles. The van der Waals surface area contributed by atoms with E-state index in [0.717, 1.165) is 34.9 Å². The minimum Gasteiger partial charge on any atom is -0.492 e. The number of hydrogen-bond acceptors (Lipinski definition) is 10. The van der Waals surface area contributed by atoms with E-state index >= 15 is 0 Å². The summed E-state index contributed by atoms with van der Waals surface area (Å²) in [5.41, 5.74) is -1.09. The van der Waals surface area contributed by atoms with Gasteiger partial charge in [-0.2, -0.15) is 0 Å². The molecule has 0 bridgehead atoms. The molecule has 4 rings (SSSR count). The van der Waals surface area contributed by atoms with Crippen LogP contribution in [0.5, 0.6) is 11.5 Å². The van der Waals surface area contributed by atoms with Crippen molar-refractivity contribution in [3.63, 3.8) is 0 Å². The highest BCUT2D eigenvalue weighted by molar-refractivity contribution is 8.18. The number of nitro groups is 2. The van der Waals surface area contributed by atoms with Crippen molar-refractivity contribution in [2.75, 3.05) is 13.2 Å². The molecule has 1 aliphatic heterocycles. The van der Waals surface area contributed by atoms with Crippen LogP contribution in [0, 0.1) is 20.2 Å². The summed E-state index contributed by atoms with van der Waals surface area (Å²) in [6.45, 7) is 0.149. The molecule has 0 radical (unpaired) electrons. The Morgan fingerprint density at radius 1 is 0.923 bits per heavy atom. The predicted octanol–water partition coefficient (Wildman–Crippen LogP) is 5.49. The van der Waals surface area contributed by atoms with Crippen LogP contribution in [0.2, 0.25) is 5.02 Å². The summed E-state index contributed by atoms with van der Waals surface area (Å²) < 4.78 is 10.7. The van der Waals surface area contributed by atoms with Crippen LogP contribution in [-0.4, -0.2) is 45.0 Å². The minimum atomic E-state index is -1.03. The highest BCUT2D eigenvalue weighted by atomic mass is 35.5. The quantitative estimate of drug-likeness (QED) is 0.106. The second-order valence-electron chi connectivity index (χ2n) is 7.85. The molecule has 0 saturated carbocycles. The number of halogens is 1. The van der Waals surface area contributed by atoms with E-state index in [-0.39, 0.29) is 29.4 Å². The van der Waals surface area contributed by atoms with E-state index in [1.165, 1.54) is 30.3 Å². The predicted molar refractivity (Wildman–Crippen MR) is 141 cm³/mol. The summed E-state index contributed by atoms with van der Waals surface area (Å²) in [6.07, 6.45) is 1.50. The number of nitro benzene ring substituents is 2. The van der Waals surface area contributed by atoms with E-state index < -0.39 is 38.3 Å². The van der Waals surface area contributed by atoms with Gasteiger partial charge in [0, 0.05) is 17.2 Å². The summed E-state index contributed by atoms with van der Waals surface area (Å²) in [5, 5.41) is 22.2. The standard InChI is InChI=1S/C25H16ClN3O9S/c26-17-3-7-20(8-4-17)37-10-9-27-23(30)22(39-25(27)32)11-15-1-5-21(6-2-15)38-24(31)16-12-18(28(33)34)14-19(13-16)29(35)36/h1-8,11-14H,9-10H2/b22-11-. The maximum absolute atomic E-state index is 12.7. The largest absolute Gasteiger partial charge is 0.492 e. The van der Waals surface area contributed by atoms with Crippen molar-refractivity contribution in [3.05, 3.63) is 108 Å². The van der Waals surface area contributed by atoms with Crippen molar-refractivity contribution in [1.29, 1.82) is 0 Å². The molecular weight excluding hydrogens is 554 g/mol. The second kappa shape index (κ2) is 11.8. The van der Waals surface area contributed by atoms with Crippen molar-refractivity contribution in [2.45, 2.75) is 0 Å². The maximum atomic E-state index is 12.7. The number of thioether (sulfide) groups is 1. The van der Waals surface area contributed by atoms with Crippen LogP contribution >= 0.6 is 23.4 Å². The fraction of sp³-hybridized carbons (Fsp3) is 0.0800. The van der Waals surface area contributed by atoms with Crippen LogP contribution in [0.25, 0.3) is 6.08 Å². The molecule has 0 unspecified atom stereocenters. The lowest BCUT2D eigenvalue weighted by atomic mass is 10.1. The fourth-order valence-corrected chi connectivity index (χ4v) is 4.34. The first-order chi connectivity index (χ1) is 18.6. The van der Waals surface area contributed by atoms with Crippen LogP contribution in [-0.2, 0) is 4.79 Å². The van der Waals surface area contributed by atoms with E-state index in [1.54, 1.807) is 24.3 Å². The van der Waals surface area contributed by atoms with Gasteiger partial charge in [-0.15, -0.1) is 0 Å². The number of imide groups is 1. The van der Waals surface area contributed by atoms with Gasteiger partial charge in [0.2, 0.25) is 0 Å². The maximum Gasteiger partial charge on any atom is 0.344 e. The van der Waals surface area contributed by atoms with Gasteiger partial charge >= 0.3 is 5.97 Å². The smallest absolute Gasteiger partial charge is 0.344 e. The highest BCUT2D eigenvalue weighted by Crippen LogP contribution is 2.32. The topological polar surface area (TPSA) is 159 Å². The van der Waals surface area contributed by atoms with Crippen LogP contribution in [0.1, 0.15) is 15.9 Å².